The van der Waals surface area contributed by atoms with E-state index in [0.717, 1.165) is 0 Å². The summed E-state index contributed by atoms with van der Waals surface area (Å²) in [5.41, 5.74) is 5.85. The van der Waals surface area contributed by atoms with Crippen LogP contribution in [0.2, 0.25) is 0 Å². The van der Waals surface area contributed by atoms with Gasteiger partial charge in [0, 0.05) is 18.7 Å². The molecule has 0 unspecified atom stereocenters. The van der Waals surface area contributed by atoms with Crippen molar-refractivity contribution in [2.24, 2.45) is 5.73 Å². The first-order valence-corrected chi connectivity index (χ1v) is 5.83. The molecule has 20 heavy (non-hydrogen) atoms. The van der Waals surface area contributed by atoms with E-state index in [1.165, 1.54) is 32.4 Å². The lowest BCUT2D eigenvalue weighted by molar-refractivity contribution is -0.116. The monoisotopic (exact) mass is 280 g/mol. The van der Waals surface area contributed by atoms with Crippen LogP contribution in [0.25, 0.3) is 0 Å². The molecule has 0 fully saturated rings. The van der Waals surface area contributed by atoms with Crippen molar-refractivity contribution in [1.29, 1.82) is 0 Å². The first kappa shape index (κ1) is 15.6. The van der Waals surface area contributed by atoms with Gasteiger partial charge in [-0.15, -0.1) is 0 Å². The highest BCUT2D eigenvalue weighted by Gasteiger charge is 2.14. The van der Waals surface area contributed by atoms with Gasteiger partial charge in [0.2, 0.25) is 5.91 Å². The second-order valence-electron chi connectivity index (χ2n) is 3.87. The molecule has 0 aliphatic heterocycles. The fraction of sp³-hybridized carbons (Fsp3) is 0.308. The molecule has 108 valence electrons. The predicted molar refractivity (Wildman–Crippen MR) is 71.4 cm³/mol. The van der Waals surface area contributed by atoms with Crippen LogP contribution < -0.4 is 11.1 Å². The number of amides is 1. The van der Waals surface area contributed by atoms with E-state index in [2.05, 4.69) is 14.8 Å². The molecule has 0 spiro atoms. The number of hydrogen-bond donors (Lipinski definition) is 2. The smallest absolute Gasteiger partial charge is 0.337 e. The Morgan fingerprint density at radius 3 is 1.95 bits per heavy atom. The minimum absolute atomic E-state index is 0.135. The SMILES string of the molecule is COC(=O)c1cc(NC(=O)CCN)cc(C(=O)OC)c1. The van der Waals surface area contributed by atoms with Crippen molar-refractivity contribution in [3.8, 4) is 0 Å². The summed E-state index contributed by atoms with van der Waals surface area (Å²) in [6.45, 7) is 0.201. The Balaban J connectivity index is 3.12. The van der Waals surface area contributed by atoms with E-state index in [0.29, 0.717) is 5.69 Å². The minimum atomic E-state index is -0.620. The second-order valence-corrected chi connectivity index (χ2v) is 3.87. The van der Waals surface area contributed by atoms with Crippen LogP contribution in [0.15, 0.2) is 18.2 Å². The lowest BCUT2D eigenvalue weighted by atomic mass is 10.1. The first-order valence-electron chi connectivity index (χ1n) is 5.83. The summed E-state index contributed by atoms with van der Waals surface area (Å²) in [4.78, 5) is 34.6. The topological polar surface area (TPSA) is 108 Å². The molecule has 1 aromatic carbocycles. The van der Waals surface area contributed by atoms with Crippen LogP contribution in [0.3, 0.4) is 0 Å². The molecule has 1 rings (SSSR count). The van der Waals surface area contributed by atoms with Gasteiger partial charge in [-0.3, -0.25) is 4.79 Å². The summed E-state index contributed by atoms with van der Waals surface area (Å²) in [5.74, 6) is -1.56. The van der Waals surface area contributed by atoms with Crippen molar-refractivity contribution in [3.05, 3.63) is 29.3 Å². The van der Waals surface area contributed by atoms with Crippen molar-refractivity contribution in [3.63, 3.8) is 0 Å². The number of ether oxygens (including phenoxy) is 2. The van der Waals surface area contributed by atoms with Crippen LogP contribution in [0, 0.1) is 0 Å². The third kappa shape index (κ3) is 4.06. The van der Waals surface area contributed by atoms with Gasteiger partial charge in [0.15, 0.2) is 0 Å². The summed E-state index contributed by atoms with van der Waals surface area (Å²) < 4.78 is 9.18. The van der Waals surface area contributed by atoms with Gasteiger partial charge >= 0.3 is 11.9 Å². The number of carbonyl (C=O) groups excluding carboxylic acids is 3. The molecular formula is C13H16N2O5. The molecule has 1 amide bonds. The molecule has 3 N–H and O–H groups in total. The van der Waals surface area contributed by atoms with Gasteiger partial charge in [0.25, 0.3) is 0 Å². The fourth-order valence-corrected chi connectivity index (χ4v) is 1.53. The number of carbonyl (C=O) groups is 3. The average molecular weight is 280 g/mol. The lowest BCUT2D eigenvalue weighted by Crippen LogP contribution is -2.17. The molecule has 0 radical (unpaired) electrons. The van der Waals surface area contributed by atoms with Gasteiger partial charge in [-0.1, -0.05) is 0 Å². The number of esters is 2. The zero-order chi connectivity index (χ0) is 15.1. The Labute approximate surface area is 116 Å². The van der Waals surface area contributed by atoms with E-state index in [4.69, 9.17) is 5.73 Å². The minimum Gasteiger partial charge on any atom is -0.465 e. The molecular weight excluding hydrogens is 264 g/mol. The summed E-state index contributed by atoms with van der Waals surface area (Å²) in [7, 11) is 2.44. The third-order valence-electron chi connectivity index (χ3n) is 2.43. The Hall–Kier alpha value is -2.41. The van der Waals surface area contributed by atoms with Crippen LogP contribution >= 0.6 is 0 Å². The van der Waals surface area contributed by atoms with Crippen molar-refractivity contribution in [2.45, 2.75) is 6.42 Å². The Bertz CT molecular complexity index is 493. The first-order chi connectivity index (χ1) is 9.51. The number of rotatable bonds is 5. The van der Waals surface area contributed by atoms with E-state index in [1.807, 2.05) is 0 Å². The molecule has 0 saturated heterocycles. The molecule has 0 aliphatic carbocycles. The molecule has 7 heteroatoms. The third-order valence-corrected chi connectivity index (χ3v) is 2.43. The van der Waals surface area contributed by atoms with Gasteiger partial charge in [0.05, 0.1) is 25.3 Å². The molecule has 0 aromatic heterocycles. The molecule has 0 saturated carbocycles. The number of hydrogen-bond acceptors (Lipinski definition) is 6. The normalized spacial score (nSPS) is 9.75. The van der Waals surface area contributed by atoms with Crippen molar-refractivity contribution < 1.29 is 23.9 Å². The number of nitrogens with one attached hydrogen (secondary N) is 1. The Kier molecular flexibility index (Phi) is 5.67. The lowest BCUT2D eigenvalue weighted by Gasteiger charge is -2.09. The van der Waals surface area contributed by atoms with Gasteiger partial charge in [-0.05, 0) is 18.2 Å². The number of anilines is 1. The molecule has 0 bridgehead atoms. The maximum Gasteiger partial charge on any atom is 0.337 e. The van der Waals surface area contributed by atoms with Crippen LogP contribution in [0.5, 0.6) is 0 Å². The van der Waals surface area contributed by atoms with Crippen LogP contribution in [-0.2, 0) is 14.3 Å². The van der Waals surface area contributed by atoms with Crippen LogP contribution in [-0.4, -0.2) is 38.6 Å². The van der Waals surface area contributed by atoms with Crippen LogP contribution in [0.1, 0.15) is 27.1 Å². The standard InChI is InChI=1S/C13H16N2O5/c1-19-12(17)8-5-9(13(18)20-2)7-10(6-8)15-11(16)3-4-14/h5-7H,3-4,14H2,1-2H3,(H,15,16). The van der Waals surface area contributed by atoms with Crippen molar-refractivity contribution >= 4 is 23.5 Å². The quantitative estimate of drug-likeness (QED) is 0.762. The van der Waals surface area contributed by atoms with E-state index in [9.17, 15) is 14.4 Å². The van der Waals surface area contributed by atoms with E-state index < -0.39 is 11.9 Å². The molecule has 0 heterocycles. The van der Waals surface area contributed by atoms with Gasteiger partial charge in [-0.2, -0.15) is 0 Å². The highest BCUT2D eigenvalue weighted by atomic mass is 16.5. The van der Waals surface area contributed by atoms with E-state index in [1.54, 1.807) is 0 Å². The molecule has 1 aromatic rings. The zero-order valence-corrected chi connectivity index (χ0v) is 11.3. The number of nitrogens with two attached hydrogens (primary N) is 1. The summed E-state index contributed by atoms with van der Waals surface area (Å²) in [5, 5.41) is 2.55. The summed E-state index contributed by atoms with van der Waals surface area (Å²) in [6, 6.07) is 4.15. The molecule has 0 aliphatic rings. The Morgan fingerprint density at radius 2 is 1.55 bits per heavy atom. The van der Waals surface area contributed by atoms with E-state index in [-0.39, 0.29) is 30.0 Å². The number of methoxy groups -OCH3 is 2. The van der Waals surface area contributed by atoms with Gasteiger partial charge < -0.3 is 20.5 Å². The highest BCUT2D eigenvalue weighted by Crippen LogP contribution is 2.17. The number of benzene rings is 1. The largest absolute Gasteiger partial charge is 0.465 e. The zero-order valence-electron chi connectivity index (χ0n) is 11.3. The van der Waals surface area contributed by atoms with Crippen molar-refractivity contribution in [1.82, 2.24) is 0 Å². The molecule has 7 nitrogen and oxygen atoms in total. The predicted octanol–water partition coefficient (Wildman–Crippen LogP) is 0.547. The van der Waals surface area contributed by atoms with Gasteiger partial charge in [0.1, 0.15) is 0 Å². The second kappa shape index (κ2) is 7.25. The van der Waals surface area contributed by atoms with Crippen molar-refractivity contribution in [2.75, 3.05) is 26.1 Å². The summed E-state index contributed by atoms with van der Waals surface area (Å²) >= 11 is 0. The maximum absolute atomic E-state index is 11.5. The maximum atomic E-state index is 11.5. The van der Waals surface area contributed by atoms with Crippen LogP contribution in [0.4, 0.5) is 5.69 Å². The van der Waals surface area contributed by atoms with E-state index >= 15 is 0 Å². The fourth-order valence-electron chi connectivity index (χ4n) is 1.53. The average Bonchev–Trinajstić information content (AvgIpc) is 2.45. The highest BCUT2D eigenvalue weighted by molar-refractivity contribution is 5.99. The Morgan fingerprint density at radius 1 is 1.05 bits per heavy atom. The van der Waals surface area contributed by atoms with Gasteiger partial charge in [-0.25, -0.2) is 9.59 Å². The molecule has 0 atom stereocenters. The summed E-state index contributed by atoms with van der Waals surface area (Å²) in [6.07, 6.45) is 0.135.